The molecule has 1 aromatic carbocycles. The second-order valence-corrected chi connectivity index (χ2v) is 6.22. The van der Waals surface area contributed by atoms with Crippen LogP contribution in [0.2, 0.25) is 0 Å². The largest absolute Gasteiger partial charge is 0.492 e. The minimum atomic E-state index is -0.111. The highest BCUT2D eigenvalue weighted by atomic mass is 16.5. The van der Waals surface area contributed by atoms with Crippen molar-refractivity contribution in [1.82, 2.24) is 19.5 Å². The summed E-state index contributed by atoms with van der Waals surface area (Å²) < 4.78 is 7.39. The van der Waals surface area contributed by atoms with Gasteiger partial charge in [-0.3, -0.25) is 4.79 Å². The topological polar surface area (TPSA) is 59.7 Å². The summed E-state index contributed by atoms with van der Waals surface area (Å²) in [6, 6.07) is 9.79. The highest BCUT2D eigenvalue weighted by molar-refractivity contribution is 5.99. The maximum Gasteiger partial charge on any atom is 0.259 e. The van der Waals surface area contributed by atoms with Crippen LogP contribution in [0.25, 0.3) is 5.65 Å². The van der Waals surface area contributed by atoms with Crippen molar-refractivity contribution in [3.8, 4) is 5.75 Å². The summed E-state index contributed by atoms with van der Waals surface area (Å²) in [6.07, 6.45) is 1.58. The molecule has 130 valence electrons. The quantitative estimate of drug-likeness (QED) is 0.718. The average molecular weight is 338 g/mol. The molecule has 0 atom stereocenters. The van der Waals surface area contributed by atoms with Gasteiger partial charge >= 0.3 is 0 Å². The Morgan fingerprint density at radius 1 is 1.20 bits per heavy atom. The zero-order valence-electron chi connectivity index (χ0n) is 15.0. The fourth-order valence-electron chi connectivity index (χ4n) is 2.66. The van der Waals surface area contributed by atoms with Crippen LogP contribution in [-0.4, -0.2) is 45.6 Å². The van der Waals surface area contributed by atoms with Crippen LogP contribution in [0, 0.1) is 20.8 Å². The van der Waals surface area contributed by atoms with Crippen molar-refractivity contribution in [2.24, 2.45) is 0 Å². The molecule has 0 saturated carbocycles. The van der Waals surface area contributed by atoms with Crippen molar-refractivity contribution in [3.05, 3.63) is 59.0 Å². The zero-order valence-corrected chi connectivity index (χ0v) is 15.0. The molecule has 0 aliphatic carbocycles. The minimum Gasteiger partial charge on any atom is -0.492 e. The summed E-state index contributed by atoms with van der Waals surface area (Å²) >= 11 is 0. The summed E-state index contributed by atoms with van der Waals surface area (Å²) in [5.74, 6) is 0.690. The number of aryl methyl sites for hydroxylation is 3. The van der Waals surface area contributed by atoms with Gasteiger partial charge in [-0.15, -0.1) is 0 Å². The fraction of sp³-hybridized carbons (Fsp3) is 0.316. The number of amides is 1. The second kappa shape index (κ2) is 6.93. The van der Waals surface area contributed by atoms with Crippen LogP contribution < -0.4 is 4.74 Å². The molecule has 0 bridgehead atoms. The molecule has 0 fully saturated rings. The lowest BCUT2D eigenvalue weighted by atomic mass is 10.2. The number of likely N-dealkylation sites (N-methyl/N-ethyl adjacent to an activating group) is 1. The van der Waals surface area contributed by atoms with E-state index < -0.39 is 0 Å². The van der Waals surface area contributed by atoms with Gasteiger partial charge in [-0.05, 0) is 39.0 Å². The first-order valence-electron chi connectivity index (χ1n) is 8.22. The summed E-state index contributed by atoms with van der Waals surface area (Å²) in [4.78, 5) is 18.8. The number of carbonyl (C=O) groups is 1. The average Bonchev–Trinajstić information content (AvgIpc) is 3.00. The van der Waals surface area contributed by atoms with Crippen LogP contribution in [0.15, 0.2) is 36.5 Å². The molecule has 2 aromatic heterocycles. The molecule has 0 aliphatic rings. The van der Waals surface area contributed by atoms with Crippen molar-refractivity contribution >= 4 is 11.6 Å². The normalized spacial score (nSPS) is 10.9. The third-order valence-corrected chi connectivity index (χ3v) is 4.07. The third-order valence-electron chi connectivity index (χ3n) is 4.07. The predicted molar refractivity (Wildman–Crippen MR) is 96.1 cm³/mol. The van der Waals surface area contributed by atoms with E-state index in [9.17, 15) is 4.79 Å². The van der Waals surface area contributed by atoms with E-state index in [4.69, 9.17) is 4.74 Å². The standard InChI is InChI=1S/C19H22N4O2/c1-13-5-7-16(8-6-13)25-10-9-22(4)19(24)17-12-20-23-15(3)11-14(2)21-18(17)23/h5-8,11-12H,9-10H2,1-4H3. The summed E-state index contributed by atoms with van der Waals surface area (Å²) in [7, 11) is 1.76. The van der Waals surface area contributed by atoms with E-state index in [1.807, 2.05) is 51.1 Å². The molecule has 0 spiro atoms. The van der Waals surface area contributed by atoms with Crippen molar-refractivity contribution in [3.63, 3.8) is 0 Å². The molecule has 0 N–H and O–H groups in total. The SMILES string of the molecule is Cc1ccc(OCCN(C)C(=O)c2cnn3c(C)cc(C)nc23)cc1. The highest BCUT2D eigenvalue weighted by Gasteiger charge is 2.19. The number of aromatic nitrogens is 3. The third kappa shape index (κ3) is 3.63. The van der Waals surface area contributed by atoms with Crippen LogP contribution in [0.3, 0.4) is 0 Å². The molecule has 6 heteroatoms. The molecule has 0 radical (unpaired) electrons. The Labute approximate surface area is 147 Å². The van der Waals surface area contributed by atoms with E-state index in [-0.39, 0.29) is 5.91 Å². The predicted octanol–water partition coefficient (Wildman–Crippen LogP) is 2.81. The van der Waals surface area contributed by atoms with Crippen LogP contribution in [0.4, 0.5) is 0 Å². The number of hydrogen-bond donors (Lipinski definition) is 0. The molecule has 0 unspecified atom stereocenters. The van der Waals surface area contributed by atoms with E-state index in [1.54, 1.807) is 22.7 Å². The lowest BCUT2D eigenvalue weighted by Gasteiger charge is -2.17. The van der Waals surface area contributed by atoms with Gasteiger partial charge in [-0.25, -0.2) is 9.50 Å². The van der Waals surface area contributed by atoms with Crippen molar-refractivity contribution in [1.29, 1.82) is 0 Å². The minimum absolute atomic E-state index is 0.111. The first-order valence-corrected chi connectivity index (χ1v) is 8.22. The number of benzene rings is 1. The Kier molecular flexibility index (Phi) is 4.70. The Morgan fingerprint density at radius 3 is 2.64 bits per heavy atom. The van der Waals surface area contributed by atoms with E-state index in [1.165, 1.54) is 5.56 Å². The van der Waals surface area contributed by atoms with Gasteiger partial charge in [0.1, 0.15) is 17.9 Å². The number of hydrogen-bond acceptors (Lipinski definition) is 4. The van der Waals surface area contributed by atoms with E-state index in [0.717, 1.165) is 17.1 Å². The molecular weight excluding hydrogens is 316 g/mol. The van der Waals surface area contributed by atoms with E-state index >= 15 is 0 Å². The molecule has 3 rings (SSSR count). The van der Waals surface area contributed by atoms with Gasteiger partial charge in [0, 0.05) is 18.4 Å². The first-order chi connectivity index (χ1) is 12.0. The zero-order chi connectivity index (χ0) is 18.0. The molecule has 25 heavy (non-hydrogen) atoms. The molecule has 0 saturated heterocycles. The van der Waals surface area contributed by atoms with Gasteiger partial charge in [-0.2, -0.15) is 5.10 Å². The van der Waals surface area contributed by atoms with Crippen molar-refractivity contribution < 1.29 is 9.53 Å². The Bertz CT molecular complexity index is 900. The number of fused-ring (bicyclic) bond motifs is 1. The number of ether oxygens (including phenoxy) is 1. The maximum absolute atomic E-state index is 12.7. The Hall–Kier alpha value is -2.89. The van der Waals surface area contributed by atoms with Crippen LogP contribution in [0.1, 0.15) is 27.3 Å². The maximum atomic E-state index is 12.7. The van der Waals surface area contributed by atoms with Gasteiger partial charge in [0.15, 0.2) is 5.65 Å². The Morgan fingerprint density at radius 2 is 1.92 bits per heavy atom. The Balaban J connectivity index is 1.67. The monoisotopic (exact) mass is 338 g/mol. The highest BCUT2D eigenvalue weighted by Crippen LogP contribution is 2.14. The van der Waals surface area contributed by atoms with E-state index in [2.05, 4.69) is 10.1 Å². The van der Waals surface area contributed by atoms with Gasteiger partial charge in [0.05, 0.1) is 12.7 Å². The van der Waals surface area contributed by atoms with Gasteiger partial charge < -0.3 is 9.64 Å². The molecule has 0 aliphatic heterocycles. The van der Waals surface area contributed by atoms with E-state index in [0.29, 0.717) is 24.4 Å². The van der Waals surface area contributed by atoms with Gasteiger partial charge in [0.2, 0.25) is 0 Å². The number of rotatable bonds is 5. The summed E-state index contributed by atoms with van der Waals surface area (Å²) in [6.45, 7) is 6.80. The van der Waals surface area contributed by atoms with Crippen LogP contribution in [0.5, 0.6) is 5.75 Å². The lowest BCUT2D eigenvalue weighted by Crippen LogP contribution is -2.31. The molecule has 3 aromatic rings. The molecule has 2 heterocycles. The molecular formula is C19H22N4O2. The van der Waals surface area contributed by atoms with Crippen LogP contribution >= 0.6 is 0 Å². The first kappa shape index (κ1) is 17.0. The van der Waals surface area contributed by atoms with Crippen LogP contribution in [-0.2, 0) is 0 Å². The summed E-state index contributed by atoms with van der Waals surface area (Å²) in [5, 5.41) is 4.27. The number of nitrogens with zero attached hydrogens (tertiary/aromatic N) is 4. The van der Waals surface area contributed by atoms with Gasteiger partial charge in [-0.1, -0.05) is 17.7 Å². The second-order valence-electron chi connectivity index (χ2n) is 6.22. The fourth-order valence-corrected chi connectivity index (χ4v) is 2.66. The van der Waals surface area contributed by atoms with Crippen molar-refractivity contribution in [2.45, 2.75) is 20.8 Å². The summed E-state index contributed by atoms with van der Waals surface area (Å²) in [5.41, 5.74) is 4.10. The lowest BCUT2D eigenvalue weighted by molar-refractivity contribution is 0.0775. The van der Waals surface area contributed by atoms with Crippen molar-refractivity contribution in [2.75, 3.05) is 20.2 Å². The molecule has 6 nitrogen and oxygen atoms in total. The smallest absolute Gasteiger partial charge is 0.259 e. The molecule has 1 amide bonds. The number of carbonyl (C=O) groups excluding carboxylic acids is 1. The van der Waals surface area contributed by atoms with Gasteiger partial charge in [0.25, 0.3) is 5.91 Å².